The Balaban J connectivity index is 1.75. The topological polar surface area (TPSA) is 52.6 Å². The number of allylic oxidation sites excluding steroid dienone is 1. The molecule has 4 aromatic rings. The van der Waals surface area contributed by atoms with Crippen LogP contribution in [0.2, 0.25) is 0 Å². The predicted octanol–water partition coefficient (Wildman–Crippen LogP) is 6.63. The Bertz CT molecular complexity index is 1460. The first-order valence-corrected chi connectivity index (χ1v) is 12.0. The standard InChI is InChI=1S/C32H25FO4/c1-36-26-17-9-15-24(20-26)28-27(19-21-10-8-16-25(33)18-21)32(35)37-31(23-13-6-3-7-14-23)29(28)30(34)22-11-4-2-5-12-22/h2-18,20,27-28H,19H2,1H3/t27-,28+/m0/s1. The molecule has 0 fully saturated rings. The lowest BCUT2D eigenvalue weighted by Gasteiger charge is -2.34. The zero-order valence-corrected chi connectivity index (χ0v) is 20.3. The van der Waals surface area contributed by atoms with Crippen LogP contribution in [0, 0.1) is 11.7 Å². The molecule has 0 radical (unpaired) electrons. The van der Waals surface area contributed by atoms with Gasteiger partial charge < -0.3 is 9.47 Å². The number of ether oxygens (including phenoxy) is 2. The summed E-state index contributed by atoms with van der Waals surface area (Å²) in [4.78, 5) is 27.8. The van der Waals surface area contributed by atoms with Crippen molar-refractivity contribution >= 4 is 17.5 Å². The van der Waals surface area contributed by atoms with Crippen molar-refractivity contribution in [1.82, 2.24) is 0 Å². The normalized spacial score (nSPS) is 17.3. The third-order valence-corrected chi connectivity index (χ3v) is 6.58. The molecule has 1 aliphatic rings. The number of rotatable bonds is 7. The van der Waals surface area contributed by atoms with Crippen molar-refractivity contribution in [2.45, 2.75) is 12.3 Å². The van der Waals surface area contributed by atoms with Crippen molar-refractivity contribution in [3.63, 3.8) is 0 Å². The van der Waals surface area contributed by atoms with E-state index in [2.05, 4.69) is 0 Å². The molecule has 0 aliphatic carbocycles. The molecule has 0 aromatic heterocycles. The fraction of sp³-hybridized carbons (Fsp3) is 0.125. The van der Waals surface area contributed by atoms with Gasteiger partial charge in [-0.25, -0.2) is 4.39 Å². The zero-order valence-electron chi connectivity index (χ0n) is 20.3. The number of hydrogen-bond acceptors (Lipinski definition) is 4. The molecule has 0 spiro atoms. The first-order valence-electron chi connectivity index (χ1n) is 12.0. The number of ketones is 1. The van der Waals surface area contributed by atoms with E-state index < -0.39 is 17.8 Å². The SMILES string of the molecule is COc1cccc([C@H]2C(C(=O)c3ccccc3)=C(c3ccccc3)OC(=O)[C@H]2Cc2cccc(F)c2)c1. The Kier molecular flexibility index (Phi) is 6.95. The second kappa shape index (κ2) is 10.6. The lowest BCUT2D eigenvalue weighted by atomic mass is 9.73. The highest BCUT2D eigenvalue weighted by molar-refractivity contribution is 6.15. The molecule has 2 atom stereocenters. The van der Waals surface area contributed by atoms with Crippen LogP contribution in [0.1, 0.15) is 33.0 Å². The third-order valence-electron chi connectivity index (χ3n) is 6.58. The lowest BCUT2D eigenvalue weighted by Crippen LogP contribution is -2.35. The van der Waals surface area contributed by atoms with Gasteiger partial charge in [0, 0.05) is 17.0 Å². The Labute approximate surface area is 215 Å². The van der Waals surface area contributed by atoms with Crippen molar-refractivity contribution < 1.29 is 23.5 Å². The molecule has 0 saturated heterocycles. The Morgan fingerprint density at radius 2 is 1.57 bits per heavy atom. The van der Waals surface area contributed by atoms with Crippen LogP contribution in [-0.4, -0.2) is 18.9 Å². The Morgan fingerprint density at radius 3 is 2.27 bits per heavy atom. The highest BCUT2D eigenvalue weighted by Crippen LogP contribution is 2.45. The smallest absolute Gasteiger partial charge is 0.315 e. The molecule has 1 aliphatic heterocycles. The maximum absolute atomic E-state index is 14.1. The maximum Gasteiger partial charge on any atom is 0.315 e. The van der Waals surface area contributed by atoms with Gasteiger partial charge >= 0.3 is 5.97 Å². The molecule has 184 valence electrons. The van der Waals surface area contributed by atoms with Crippen molar-refractivity contribution in [1.29, 1.82) is 0 Å². The van der Waals surface area contributed by atoms with Gasteiger partial charge in [-0.2, -0.15) is 0 Å². The van der Waals surface area contributed by atoms with Gasteiger partial charge in [0.05, 0.1) is 18.6 Å². The van der Waals surface area contributed by atoms with E-state index in [1.807, 2.05) is 60.7 Å². The van der Waals surface area contributed by atoms with E-state index in [9.17, 15) is 14.0 Å². The summed E-state index contributed by atoms with van der Waals surface area (Å²) < 4.78 is 25.5. The van der Waals surface area contributed by atoms with Gasteiger partial charge in [0.25, 0.3) is 0 Å². The minimum absolute atomic E-state index is 0.201. The molecule has 37 heavy (non-hydrogen) atoms. The number of Topliss-reactive ketones (excluding diaryl/α,β-unsaturated/α-hetero) is 1. The maximum atomic E-state index is 14.1. The van der Waals surface area contributed by atoms with Crippen LogP contribution >= 0.6 is 0 Å². The van der Waals surface area contributed by atoms with E-state index in [0.29, 0.717) is 28.0 Å². The largest absolute Gasteiger partial charge is 0.497 e. The average molecular weight is 493 g/mol. The van der Waals surface area contributed by atoms with Crippen LogP contribution in [0.3, 0.4) is 0 Å². The summed E-state index contributed by atoms with van der Waals surface area (Å²) >= 11 is 0. The van der Waals surface area contributed by atoms with E-state index in [1.165, 1.54) is 12.1 Å². The van der Waals surface area contributed by atoms with Crippen LogP contribution in [0.5, 0.6) is 5.75 Å². The van der Waals surface area contributed by atoms with E-state index in [-0.39, 0.29) is 23.8 Å². The summed E-state index contributed by atoms with van der Waals surface area (Å²) in [6, 6.07) is 31.6. The van der Waals surface area contributed by atoms with Crippen LogP contribution in [0.4, 0.5) is 4.39 Å². The van der Waals surface area contributed by atoms with Crippen LogP contribution < -0.4 is 4.74 Å². The van der Waals surface area contributed by atoms with Crippen molar-refractivity contribution in [3.8, 4) is 5.75 Å². The fourth-order valence-corrected chi connectivity index (χ4v) is 4.86. The first kappa shape index (κ1) is 24.2. The number of carbonyl (C=O) groups excluding carboxylic acids is 2. The minimum atomic E-state index is -0.760. The summed E-state index contributed by atoms with van der Waals surface area (Å²) in [5.74, 6) is -1.66. The van der Waals surface area contributed by atoms with Gasteiger partial charge in [0.2, 0.25) is 0 Å². The second-order valence-electron chi connectivity index (χ2n) is 8.92. The summed E-state index contributed by atoms with van der Waals surface area (Å²) in [5, 5.41) is 0. The van der Waals surface area contributed by atoms with Gasteiger partial charge in [-0.15, -0.1) is 0 Å². The number of halogens is 1. The molecule has 0 saturated carbocycles. The minimum Gasteiger partial charge on any atom is -0.497 e. The molecule has 5 rings (SSSR count). The summed E-state index contributed by atoms with van der Waals surface area (Å²) in [6.45, 7) is 0. The number of hydrogen-bond donors (Lipinski definition) is 0. The highest BCUT2D eigenvalue weighted by atomic mass is 19.1. The molecule has 4 aromatic carbocycles. The Hall–Kier alpha value is -4.51. The van der Waals surface area contributed by atoms with Crippen molar-refractivity contribution in [2.75, 3.05) is 7.11 Å². The van der Waals surface area contributed by atoms with Gasteiger partial charge in [-0.3, -0.25) is 9.59 Å². The van der Waals surface area contributed by atoms with Crippen LogP contribution in [0.25, 0.3) is 5.76 Å². The van der Waals surface area contributed by atoms with Crippen LogP contribution in [0.15, 0.2) is 115 Å². The fourth-order valence-electron chi connectivity index (χ4n) is 4.86. The summed E-state index contributed by atoms with van der Waals surface area (Å²) in [5.41, 5.74) is 2.88. The molecule has 0 unspecified atom stereocenters. The molecule has 0 N–H and O–H groups in total. The quantitative estimate of drug-likeness (QED) is 0.215. The summed E-state index contributed by atoms with van der Waals surface area (Å²) in [6.07, 6.45) is 0.201. The Morgan fingerprint density at radius 1 is 0.865 bits per heavy atom. The van der Waals surface area contributed by atoms with Crippen molar-refractivity contribution in [2.24, 2.45) is 5.92 Å². The molecule has 0 bridgehead atoms. The van der Waals surface area contributed by atoms with Crippen LogP contribution in [-0.2, 0) is 16.0 Å². The highest BCUT2D eigenvalue weighted by Gasteiger charge is 2.43. The lowest BCUT2D eigenvalue weighted by molar-refractivity contribution is -0.143. The average Bonchev–Trinajstić information content (AvgIpc) is 2.94. The molecule has 0 amide bonds. The first-order chi connectivity index (χ1) is 18.0. The molecule has 5 heteroatoms. The zero-order chi connectivity index (χ0) is 25.8. The number of esters is 1. The predicted molar refractivity (Wildman–Crippen MR) is 140 cm³/mol. The molecular weight excluding hydrogens is 467 g/mol. The molecule has 1 heterocycles. The number of methoxy groups -OCH3 is 1. The summed E-state index contributed by atoms with van der Waals surface area (Å²) in [7, 11) is 1.57. The van der Waals surface area contributed by atoms with Gasteiger partial charge in [-0.05, 0) is 41.8 Å². The van der Waals surface area contributed by atoms with Gasteiger partial charge in [0.15, 0.2) is 5.78 Å². The van der Waals surface area contributed by atoms with E-state index in [4.69, 9.17) is 9.47 Å². The second-order valence-corrected chi connectivity index (χ2v) is 8.92. The van der Waals surface area contributed by atoms with E-state index in [0.717, 1.165) is 5.56 Å². The van der Waals surface area contributed by atoms with Crippen molar-refractivity contribution in [3.05, 3.63) is 143 Å². The van der Waals surface area contributed by atoms with E-state index in [1.54, 1.807) is 43.5 Å². The third kappa shape index (κ3) is 5.07. The van der Waals surface area contributed by atoms with Gasteiger partial charge in [0.1, 0.15) is 17.3 Å². The van der Waals surface area contributed by atoms with E-state index >= 15 is 0 Å². The number of carbonyl (C=O) groups is 2. The van der Waals surface area contributed by atoms with Gasteiger partial charge in [-0.1, -0.05) is 84.9 Å². The monoisotopic (exact) mass is 492 g/mol. The number of benzene rings is 4. The number of cyclic esters (lactones) is 1. The molecule has 4 nitrogen and oxygen atoms in total. The molecular formula is C32H25FO4.